The van der Waals surface area contributed by atoms with E-state index >= 15 is 0 Å². The number of methoxy groups -OCH3 is 1. The number of ether oxygens (including phenoxy) is 1. The lowest BCUT2D eigenvalue weighted by molar-refractivity contribution is 0.125. The predicted molar refractivity (Wildman–Crippen MR) is 43.0 cm³/mol. The van der Waals surface area contributed by atoms with E-state index in [9.17, 15) is 4.79 Å². The third-order valence-electron chi connectivity index (χ3n) is 0.333. The van der Waals surface area contributed by atoms with Gasteiger partial charge in [-0.2, -0.15) is 0 Å². The molecular weight excluding hydrogens is 150 g/mol. The average molecular weight is 165 g/mol. The summed E-state index contributed by atoms with van der Waals surface area (Å²) in [5.74, 6) is 0. The normalized spacial score (nSPS) is 8.10. The summed E-state index contributed by atoms with van der Waals surface area (Å²) in [6, 6.07) is 0. The van der Waals surface area contributed by atoms with Gasteiger partial charge >= 0.3 is 6.16 Å². The molecule has 0 spiro atoms. The van der Waals surface area contributed by atoms with E-state index in [4.69, 9.17) is 0 Å². The zero-order chi connectivity index (χ0) is 8.57. The molecule has 0 atom stereocenters. The molecule has 0 saturated heterocycles. The first-order chi connectivity index (χ1) is 4.54. The van der Waals surface area contributed by atoms with Gasteiger partial charge in [0.05, 0.1) is 7.11 Å². The van der Waals surface area contributed by atoms with E-state index in [0.29, 0.717) is 10.5 Å². The Bertz CT molecular complexity index is 78.2. The summed E-state index contributed by atoms with van der Waals surface area (Å²) in [6.45, 7) is 0. The number of rotatable bonds is 0. The van der Waals surface area contributed by atoms with Gasteiger partial charge in [0, 0.05) is 0 Å². The second-order valence-electron chi connectivity index (χ2n) is 2.00. The minimum atomic E-state index is -0.596. The van der Waals surface area contributed by atoms with Gasteiger partial charge in [0.15, 0.2) is 0 Å². The first-order valence-corrected chi connectivity index (χ1v) is 3.59. The van der Waals surface area contributed by atoms with Crippen LogP contribution in [0, 0.1) is 0 Å². The van der Waals surface area contributed by atoms with E-state index in [1.54, 1.807) is 0 Å². The van der Waals surface area contributed by atoms with Gasteiger partial charge in [-0.05, 0) is 21.1 Å². The highest BCUT2D eigenvalue weighted by Crippen LogP contribution is 1.71. The maximum atomic E-state index is 9.77. The summed E-state index contributed by atoms with van der Waals surface area (Å²) in [5, 5.41) is 0. The summed E-state index contributed by atoms with van der Waals surface area (Å²) < 4.78 is 8.25. The number of carbonyl (C=O) groups excluding carboxylic acids is 1. The summed E-state index contributed by atoms with van der Waals surface area (Å²) in [7, 11) is 7.69. The second-order valence-corrected chi connectivity index (χ2v) is 2.41. The predicted octanol–water partition coefficient (Wildman–Crippen LogP) is -0.772. The van der Waals surface area contributed by atoms with E-state index in [1.807, 2.05) is 26.0 Å². The Hall–Kier alpha value is -0.553. The van der Waals surface area contributed by atoms with Crippen molar-refractivity contribution in [3.8, 4) is 0 Å². The average Bonchev–Trinajstić information content (AvgIpc) is 1.85. The van der Waals surface area contributed by atoms with Crippen LogP contribution in [0.3, 0.4) is 0 Å². The molecule has 0 aromatic rings. The summed E-state index contributed by atoms with van der Waals surface area (Å²) in [5.41, 5.74) is 0. The Kier molecular flexibility index (Phi) is 10.3. The molecule has 62 valence electrons. The fourth-order valence-corrected chi connectivity index (χ4v) is 0.250. The molecule has 0 unspecified atom stereocenters. The third kappa shape index (κ3) is 26.1. The van der Waals surface area contributed by atoms with Crippen LogP contribution in [0.4, 0.5) is 4.79 Å². The van der Waals surface area contributed by atoms with Crippen LogP contribution in [0.2, 0.25) is 0 Å². The summed E-state index contributed by atoms with van der Waals surface area (Å²) >= 11 is 0. The maximum absolute atomic E-state index is 9.77. The molecule has 0 rings (SSSR count). The summed E-state index contributed by atoms with van der Waals surface area (Å²) in [4.78, 5) is 11.8. The molecule has 0 aromatic heterocycles. The minimum Gasteiger partial charge on any atom is -0.499 e. The molecule has 0 N–H and O–H groups in total. The van der Waals surface area contributed by atoms with Gasteiger partial charge in [0.1, 0.15) is 0 Å². The Morgan fingerprint density at radius 1 is 1.40 bits per heavy atom. The van der Waals surface area contributed by atoms with E-state index in [-0.39, 0.29) is 0 Å². The molecular formula is C5H15NO3Si. The molecule has 0 aliphatic heterocycles. The number of hydrogen-bond acceptors (Lipinski definition) is 4. The molecule has 0 fully saturated rings. The quantitative estimate of drug-likeness (QED) is 0.349. The topological polar surface area (TPSA) is 38.8 Å². The van der Waals surface area contributed by atoms with Gasteiger partial charge in [0.2, 0.25) is 10.5 Å². The van der Waals surface area contributed by atoms with E-state index in [0.717, 1.165) is 0 Å². The molecule has 5 heteroatoms. The Morgan fingerprint density at radius 2 is 1.70 bits per heavy atom. The molecule has 0 aliphatic rings. The highest BCUT2D eigenvalue weighted by molar-refractivity contribution is 6.04. The minimum absolute atomic E-state index is 0.408. The van der Waals surface area contributed by atoms with Crippen molar-refractivity contribution in [1.82, 2.24) is 4.90 Å². The van der Waals surface area contributed by atoms with Crippen LogP contribution >= 0.6 is 0 Å². The highest BCUT2D eigenvalue weighted by Gasteiger charge is 1.87. The number of nitrogens with zero attached hydrogens (tertiary/aromatic N) is 1. The molecule has 0 amide bonds. The molecule has 0 radical (unpaired) electrons. The van der Waals surface area contributed by atoms with Crippen LogP contribution in [0.5, 0.6) is 0 Å². The smallest absolute Gasteiger partial charge is 0.493 e. The Labute approximate surface area is 64.6 Å². The molecule has 0 aliphatic carbocycles. The second kappa shape index (κ2) is 8.45. The summed E-state index contributed by atoms with van der Waals surface area (Å²) in [6.07, 6.45) is -0.596. The van der Waals surface area contributed by atoms with Gasteiger partial charge < -0.3 is 14.1 Å². The van der Waals surface area contributed by atoms with Crippen molar-refractivity contribution < 1.29 is 14.0 Å². The van der Waals surface area contributed by atoms with Crippen LogP contribution in [0.25, 0.3) is 0 Å². The van der Waals surface area contributed by atoms with E-state index < -0.39 is 6.16 Å². The standard InChI is InChI=1S/C3H9N.C2H6O3Si/c1-4(2)3;1-4-2(3)5-6/h1-3H3;1,6H3. The largest absolute Gasteiger partial charge is 0.499 e. The fourth-order valence-electron chi connectivity index (χ4n) is 0.0833. The van der Waals surface area contributed by atoms with Crippen molar-refractivity contribution in [2.45, 2.75) is 0 Å². The van der Waals surface area contributed by atoms with Crippen molar-refractivity contribution in [2.24, 2.45) is 0 Å². The Balaban J connectivity index is 0. The van der Waals surface area contributed by atoms with Crippen molar-refractivity contribution in [2.75, 3.05) is 28.3 Å². The number of hydrogen-bond donors (Lipinski definition) is 0. The van der Waals surface area contributed by atoms with Crippen LogP contribution < -0.4 is 0 Å². The lowest BCUT2D eigenvalue weighted by Crippen LogP contribution is -1.99. The Morgan fingerprint density at radius 3 is 1.70 bits per heavy atom. The number of carbonyl (C=O) groups is 1. The van der Waals surface area contributed by atoms with Crippen molar-refractivity contribution in [1.29, 1.82) is 0 Å². The van der Waals surface area contributed by atoms with E-state index in [1.165, 1.54) is 7.11 Å². The van der Waals surface area contributed by atoms with Gasteiger partial charge in [-0.3, -0.25) is 0 Å². The van der Waals surface area contributed by atoms with Crippen molar-refractivity contribution in [3.63, 3.8) is 0 Å². The van der Waals surface area contributed by atoms with Crippen LogP contribution in [0.1, 0.15) is 0 Å². The van der Waals surface area contributed by atoms with Crippen LogP contribution in [-0.4, -0.2) is 49.8 Å². The van der Waals surface area contributed by atoms with Gasteiger partial charge in [-0.25, -0.2) is 4.79 Å². The van der Waals surface area contributed by atoms with Crippen LogP contribution in [0.15, 0.2) is 0 Å². The molecule has 0 aromatic carbocycles. The molecule has 0 saturated carbocycles. The zero-order valence-electron chi connectivity index (χ0n) is 7.17. The molecule has 4 nitrogen and oxygen atoms in total. The van der Waals surface area contributed by atoms with E-state index in [2.05, 4.69) is 9.16 Å². The van der Waals surface area contributed by atoms with Crippen molar-refractivity contribution >= 4 is 16.6 Å². The fraction of sp³-hybridized carbons (Fsp3) is 0.800. The molecule has 10 heavy (non-hydrogen) atoms. The van der Waals surface area contributed by atoms with Crippen LogP contribution in [-0.2, 0) is 9.16 Å². The first kappa shape index (κ1) is 12.2. The maximum Gasteiger partial charge on any atom is 0.493 e. The molecule has 0 heterocycles. The van der Waals surface area contributed by atoms with Gasteiger partial charge in [-0.15, -0.1) is 0 Å². The van der Waals surface area contributed by atoms with Gasteiger partial charge in [-0.1, -0.05) is 0 Å². The SMILES string of the molecule is CN(C)C.COC(=O)O[SiH3]. The van der Waals surface area contributed by atoms with Crippen molar-refractivity contribution in [3.05, 3.63) is 0 Å². The van der Waals surface area contributed by atoms with Gasteiger partial charge in [0.25, 0.3) is 0 Å². The third-order valence-corrected chi connectivity index (χ3v) is 0.667. The zero-order valence-corrected chi connectivity index (χ0v) is 9.17. The molecule has 0 bridgehead atoms. The highest BCUT2D eigenvalue weighted by atomic mass is 28.2. The monoisotopic (exact) mass is 165 g/mol. The lowest BCUT2D eigenvalue weighted by atomic mass is 11.0. The lowest BCUT2D eigenvalue weighted by Gasteiger charge is -1.91. The first-order valence-electron chi connectivity index (χ1n) is 2.77.